The first-order valence-corrected chi connectivity index (χ1v) is 4.40. The second kappa shape index (κ2) is 4.40. The van der Waals surface area contributed by atoms with E-state index in [1.807, 2.05) is 19.1 Å². The van der Waals surface area contributed by atoms with Crippen molar-refractivity contribution in [2.24, 2.45) is 11.8 Å². The number of hydrogen-bond acceptors (Lipinski definition) is 1. The number of ether oxygens (including phenoxy) is 1. The van der Waals surface area contributed by atoms with Gasteiger partial charge in [0.1, 0.15) is 12.4 Å². The van der Waals surface area contributed by atoms with Gasteiger partial charge in [-0.15, -0.1) is 0 Å². The van der Waals surface area contributed by atoms with Gasteiger partial charge in [0.15, 0.2) is 0 Å². The highest BCUT2D eigenvalue weighted by atomic mass is 19.3. The zero-order chi connectivity index (χ0) is 9.84. The Morgan fingerprint density at radius 2 is 2.08 bits per heavy atom. The number of halogens is 2. The van der Waals surface area contributed by atoms with Crippen molar-refractivity contribution in [2.75, 3.05) is 6.61 Å². The molecule has 1 rings (SSSR count). The molecule has 74 valence electrons. The lowest BCUT2D eigenvalue weighted by atomic mass is 9.91. The molecule has 0 aliphatic heterocycles. The molecule has 1 nitrogen and oxygen atoms in total. The normalized spacial score (nSPS) is 27.6. The maximum absolute atomic E-state index is 11.8. The van der Waals surface area contributed by atoms with Crippen LogP contribution >= 0.6 is 0 Å². The van der Waals surface area contributed by atoms with E-state index >= 15 is 0 Å². The van der Waals surface area contributed by atoms with Gasteiger partial charge in [-0.1, -0.05) is 19.9 Å². The summed E-state index contributed by atoms with van der Waals surface area (Å²) in [6, 6.07) is 0. The highest BCUT2D eigenvalue weighted by Crippen LogP contribution is 2.22. The first kappa shape index (κ1) is 10.2. The van der Waals surface area contributed by atoms with Gasteiger partial charge in [-0.25, -0.2) is 8.78 Å². The lowest BCUT2D eigenvalue weighted by Gasteiger charge is -2.19. The first-order valence-electron chi connectivity index (χ1n) is 4.40. The molecule has 0 heterocycles. The molecule has 1 aliphatic carbocycles. The summed E-state index contributed by atoms with van der Waals surface area (Å²) in [6.07, 6.45) is 3.22. The third-order valence-electron chi connectivity index (χ3n) is 2.20. The summed E-state index contributed by atoms with van der Waals surface area (Å²) in [5.74, 6) is 1.38. The van der Waals surface area contributed by atoms with Gasteiger partial charge in [0.2, 0.25) is 0 Å². The molecule has 0 aromatic carbocycles. The predicted molar refractivity (Wildman–Crippen MR) is 47.5 cm³/mol. The molecule has 0 bridgehead atoms. The third-order valence-corrected chi connectivity index (χ3v) is 2.20. The van der Waals surface area contributed by atoms with Crippen LogP contribution in [0.15, 0.2) is 24.0 Å². The van der Waals surface area contributed by atoms with Crippen molar-refractivity contribution in [3.8, 4) is 0 Å². The maximum atomic E-state index is 11.8. The fourth-order valence-corrected chi connectivity index (χ4v) is 1.14. The predicted octanol–water partition coefficient (Wildman–Crippen LogP) is 2.99. The third kappa shape index (κ3) is 3.17. The van der Waals surface area contributed by atoms with Crippen molar-refractivity contribution in [2.45, 2.75) is 20.3 Å². The van der Waals surface area contributed by atoms with Crippen LogP contribution in [0.5, 0.6) is 0 Å². The smallest absolute Gasteiger partial charge is 0.272 e. The Bertz CT molecular complexity index is 221. The highest BCUT2D eigenvalue weighted by Gasteiger charge is 2.13. The zero-order valence-corrected chi connectivity index (χ0v) is 7.84. The van der Waals surface area contributed by atoms with Gasteiger partial charge in [-0.3, -0.25) is 0 Å². The molecule has 0 spiro atoms. The maximum Gasteiger partial charge on any atom is 0.272 e. The van der Waals surface area contributed by atoms with Crippen LogP contribution in [0.25, 0.3) is 0 Å². The van der Waals surface area contributed by atoms with Crippen molar-refractivity contribution < 1.29 is 13.5 Å². The van der Waals surface area contributed by atoms with Crippen LogP contribution in [-0.2, 0) is 4.74 Å². The molecule has 0 saturated carbocycles. The van der Waals surface area contributed by atoms with Crippen molar-refractivity contribution in [3.05, 3.63) is 24.0 Å². The van der Waals surface area contributed by atoms with Gasteiger partial charge in [0, 0.05) is 0 Å². The molecule has 2 atom stereocenters. The zero-order valence-electron chi connectivity index (χ0n) is 7.84. The Hall–Kier alpha value is -0.860. The van der Waals surface area contributed by atoms with Gasteiger partial charge < -0.3 is 4.74 Å². The van der Waals surface area contributed by atoms with E-state index in [0.717, 1.165) is 0 Å². The van der Waals surface area contributed by atoms with Gasteiger partial charge in [-0.05, 0) is 24.0 Å². The molecule has 1 aliphatic rings. The van der Waals surface area contributed by atoms with E-state index < -0.39 is 13.0 Å². The molecule has 0 N–H and O–H groups in total. The van der Waals surface area contributed by atoms with Crippen LogP contribution in [0, 0.1) is 11.8 Å². The Balaban J connectivity index is 2.44. The Kier molecular flexibility index (Phi) is 3.46. The summed E-state index contributed by atoms with van der Waals surface area (Å²) in [7, 11) is 0. The molecule has 0 radical (unpaired) electrons. The van der Waals surface area contributed by atoms with E-state index in [2.05, 4.69) is 6.92 Å². The highest BCUT2D eigenvalue weighted by molar-refractivity contribution is 5.19. The monoisotopic (exact) mass is 188 g/mol. The first-order chi connectivity index (χ1) is 6.09. The lowest BCUT2D eigenvalue weighted by Crippen LogP contribution is -2.10. The fourth-order valence-electron chi connectivity index (χ4n) is 1.14. The van der Waals surface area contributed by atoms with E-state index in [-0.39, 0.29) is 0 Å². The van der Waals surface area contributed by atoms with Crippen molar-refractivity contribution in [1.82, 2.24) is 0 Å². The van der Waals surface area contributed by atoms with Crippen molar-refractivity contribution >= 4 is 0 Å². The molecule has 0 aromatic heterocycles. The minimum atomic E-state index is -2.40. The summed E-state index contributed by atoms with van der Waals surface area (Å²) in [4.78, 5) is 0. The molecular weight excluding hydrogens is 174 g/mol. The molecule has 13 heavy (non-hydrogen) atoms. The summed E-state index contributed by atoms with van der Waals surface area (Å²) in [6.45, 7) is 3.61. The Morgan fingerprint density at radius 1 is 1.38 bits per heavy atom. The Morgan fingerprint density at radius 3 is 2.62 bits per heavy atom. The SMILES string of the molecule is C[C@@H]1C=C(OCC(F)F)C=C[C@@H]1C. The van der Waals surface area contributed by atoms with Gasteiger partial charge in [0.25, 0.3) is 6.43 Å². The van der Waals surface area contributed by atoms with Gasteiger partial charge in [-0.2, -0.15) is 0 Å². The average Bonchev–Trinajstić information content (AvgIpc) is 2.07. The minimum absolute atomic E-state index is 0.359. The van der Waals surface area contributed by atoms with Crippen molar-refractivity contribution in [1.29, 1.82) is 0 Å². The number of rotatable bonds is 3. The number of hydrogen-bond donors (Lipinski definition) is 0. The largest absolute Gasteiger partial charge is 0.488 e. The van der Waals surface area contributed by atoms with Crippen molar-refractivity contribution in [3.63, 3.8) is 0 Å². The summed E-state index contributed by atoms with van der Waals surface area (Å²) >= 11 is 0. The van der Waals surface area contributed by atoms with E-state index in [0.29, 0.717) is 17.6 Å². The standard InChI is InChI=1S/C10H14F2O/c1-7-3-4-9(5-8(7)2)13-6-10(11)12/h3-5,7-8,10H,6H2,1-2H3/t7-,8+/m0/s1. The molecule has 3 heteroatoms. The number of alkyl halides is 2. The van der Waals surface area contributed by atoms with Gasteiger partial charge in [0.05, 0.1) is 0 Å². The summed E-state index contributed by atoms with van der Waals surface area (Å²) in [5, 5.41) is 0. The minimum Gasteiger partial charge on any atom is -0.488 e. The molecule has 0 aromatic rings. The van der Waals surface area contributed by atoms with Crippen LogP contribution in [0.4, 0.5) is 8.78 Å². The van der Waals surface area contributed by atoms with E-state index in [9.17, 15) is 8.78 Å². The van der Waals surface area contributed by atoms with Crippen LogP contribution in [0.2, 0.25) is 0 Å². The molecule has 0 unspecified atom stereocenters. The Labute approximate surface area is 77.1 Å². The van der Waals surface area contributed by atoms with Crippen LogP contribution in [0.3, 0.4) is 0 Å². The van der Waals surface area contributed by atoms with Crippen LogP contribution in [0.1, 0.15) is 13.8 Å². The van der Waals surface area contributed by atoms with Gasteiger partial charge >= 0.3 is 0 Å². The molecule has 0 amide bonds. The lowest BCUT2D eigenvalue weighted by molar-refractivity contribution is 0.0513. The van der Waals surface area contributed by atoms with Crippen LogP contribution < -0.4 is 0 Å². The molecule has 0 fully saturated rings. The molecular formula is C10H14F2O. The average molecular weight is 188 g/mol. The summed E-state index contributed by atoms with van der Waals surface area (Å²) < 4.78 is 28.5. The molecule has 0 saturated heterocycles. The fraction of sp³-hybridized carbons (Fsp3) is 0.600. The number of allylic oxidation sites excluding steroid dienone is 3. The second-order valence-corrected chi connectivity index (χ2v) is 3.35. The van der Waals surface area contributed by atoms with E-state index in [4.69, 9.17) is 4.74 Å². The topological polar surface area (TPSA) is 9.23 Å². The quantitative estimate of drug-likeness (QED) is 0.661. The van der Waals surface area contributed by atoms with Crippen LogP contribution in [-0.4, -0.2) is 13.0 Å². The summed E-state index contributed by atoms with van der Waals surface area (Å²) in [5.41, 5.74) is 0. The van der Waals surface area contributed by atoms with E-state index in [1.54, 1.807) is 6.08 Å². The van der Waals surface area contributed by atoms with E-state index in [1.165, 1.54) is 0 Å². The second-order valence-electron chi connectivity index (χ2n) is 3.35.